The first-order chi connectivity index (χ1) is 14.5. The molecule has 3 atom stereocenters. The number of carbonyl (C=O) groups is 2. The maximum atomic E-state index is 14.1. The number of anilines is 1. The quantitative estimate of drug-likeness (QED) is 0.792. The number of fused-ring (bicyclic) bond motifs is 1. The maximum absolute atomic E-state index is 14.1. The van der Waals surface area contributed by atoms with E-state index in [1.54, 1.807) is 6.07 Å². The van der Waals surface area contributed by atoms with Crippen LogP contribution in [0.3, 0.4) is 0 Å². The minimum absolute atomic E-state index is 0.0333. The van der Waals surface area contributed by atoms with Gasteiger partial charge in [0.15, 0.2) is 0 Å². The molecule has 1 aliphatic carbocycles. The summed E-state index contributed by atoms with van der Waals surface area (Å²) in [5.74, 6) is -0.0361. The number of aryl methyl sites for hydroxylation is 1. The van der Waals surface area contributed by atoms with Crippen molar-refractivity contribution in [2.75, 3.05) is 31.5 Å². The highest BCUT2D eigenvalue weighted by Crippen LogP contribution is 2.32. The third kappa shape index (κ3) is 4.31. The summed E-state index contributed by atoms with van der Waals surface area (Å²) >= 11 is 0. The summed E-state index contributed by atoms with van der Waals surface area (Å²) in [6, 6.07) is 3.44. The molecule has 7 heteroatoms. The molecule has 2 N–H and O–H groups in total. The van der Waals surface area contributed by atoms with Crippen LogP contribution in [0, 0.1) is 12.7 Å². The molecule has 0 radical (unpaired) electrons. The lowest BCUT2D eigenvalue weighted by molar-refractivity contribution is -0.133. The van der Waals surface area contributed by atoms with Crippen molar-refractivity contribution in [2.24, 2.45) is 0 Å². The van der Waals surface area contributed by atoms with E-state index in [0.717, 1.165) is 63.1 Å². The number of nitrogens with zero attached hydrogens (tertiary/aromatic N) is 2. The lowest BCUT2D eigenvalue weighted by atomic mass is 9.89. The van der Waals surface area contributed by atoms with E-state index in [-0.39, 0.29) is 23.7 Å². The van der Waals surface area contributed by atoms with E-state index < -0.39 is 6.04 Å². The number of amides is 2. The molecule has 1 aromatic rings. The Labute approximate surface area is 178 Å². The summed E-state index contributed by atoms with van der Waals surface area (Å²) in [6.45, 7) is 7.27. The van der Waals surface area contributed by atoms with Crippen molar-refractivity contribution in [2.45, 2.75) is 70.5 Å². The van der Waals surface area contributed by atoms with Crippen molar-refractivity contribution in [3.05, 3.63) is 29.1 Å². The predicted octanol–water partition coefficient (Wildman–Crippen LogP) is 2.45. The van der Waals surface area contributed by atoms with Crippen LogP contribution in [-0.2, 0) is 16.0 Å². The van der Waals surface area contributed by atoms with Gasteiger partial charge < -0.3 is 15.5 Å². The van der Waals surface area contributed by atoms with Crippen LogP contribution in [0.4, 0.5) is 10.1 Å². The SMILES string of the molecule is CCC(=O)N1CCN(C2CCC[C@@H](NC(=O)C3Cc4c(F)ccc(C)c4N3)C2)CC1. The zero-order valence-electron chi connectivity index (χ0n) is 18.0. The van der Waals surface area contributed by atoms with E-state index in [2.05, 4.69) is 15.5 Å². The molecule has 4 rings (SSSR count). The molecule has 164 valence electrons. The van der Waals surface area contributed by atoms with Crippen LogP contribution in [0.5, 0.6) is 0 Å². The fourth-order valence-corrected chi connectivity index (χ4v) is 5.22. The lowest BCUT2D eigenvalue weighted by Crippen LogP contribution is -2.55. The standard InChI is InChI=1S/C23H33FN4O2/c1-3-21(29)28-11-9-27(10-12-28)17-6-4-5-16(13-17)25-23(30)20-14-18-19(24)8-7-15(2)22(18)26-20/h7-8,16-17,20,26H,3-6,9-14H2,1-2H3,(H,25,30)/t16-,17?,20?/m1/s1. The number of rotatable bonds is 4. The van der Waals surface area contributed by atoms with Crippen LogP contribution in [-0.4, -0.2) is 65.9 Å². The monoisotopic (exact) mass is 416 g/mol. The Morgan fingerprint density at radius 3 is 2.67 bits per heavy atom. The van der Waals surface area contributed by atoms with Crippen LogP contribution in [0.2, 0.25) is 0 Å². The van der Waals surface area contributed by atoms with Gasteiger partial charge in [0.2, 0.25) is 11.8 Å². The molecule has 2 aliphatic heterocycles. The third-order valence-electron chi connectivity index (χ3n) is 6.99. The van der Waals surface area contributed by atoms with Crippen LogP contribution in [0.25, 0.3) is 0 Å². The second-order valence-electron chi connectivity index (χ2n) is 8.92. The number of hydrogen-bond donors (Lipinski definition) is 2. The van der Waals surface area contributed by atoms with Gasteiger partial charge in [-0.15, -0.1) is 0 Å². The molecule has 2 fully saturated rings. The molecule has 1 saturated heterocycles. The fraction of sp³-hybridized carbons (Fsp3) is 0.652. The van der Waals surface area contributed by atoms with Gasteiger partial charge in [0.05, 0.1) is 0 Å². The van der Waals surface area contributed by atoms with Gasteiger partial charge in [-0.3, -0.25) is 14.5 Å². The molecule has 0 bridgehead atoms. The number of carbonyl (C=O) groups excluding carboxylic acids is 2. The summed E-state index contributed by atoms with van der Waals surface area (Å²) in [5.41, 5.74) is 2.37. The van der Waals surface area contributed by atoms with Crippen molar-refractivity contribution in [3.63, 3.8) is 0 Å². The van der Waals surface area contributed by atoms with E-state index >= 15 is 0 Å². The van der Waals surface area contributed by atoms with E-state index in [1.807, 2.05) is 18.7 Å². The topological polar surface area (TPSA) is 64.7 Å². The first kappa shape index (κ1) is 21.1. The van der Waals surface area contributed by atoms with Crippen molar-refractivity contribution < 1.29 is 14.0 Å². The first-order valence-electron chi connectivity index (χ1n) is 11.3. The van der Waals surface area contributed by atoms with Gasteiger partial charge in [-0.25, -0.2) is 4.39 Å². The first-order valence-corrected chi connectivity index (χ1v) is 11.3. The van der Waals surface area contributed by atoms with Crippen molar-refractivity contribution in [1.29, 1.82) is 0 Å². The molecule has 3 aliphatic rings. The Morgan fingerprint density at radius 1 is 1.20 bits per heavy atom. The number of halogens is 1. The molecule has 30 heavy (non-hydrogen) atoms. The van der Waals surface area contributed by atoms with Gasteiger partial charge in [-0.2, -0.15) is 0 Å². The zero-order chi connectivity index (χ0) is 21.3. The van der Waals surface area contributed by atoms with Gasteiger partial charge in [-0.05, 0) is 44.2 Å². The molecular formula is C23H33FN4O2. The van der Waals surface area contributed by atoms with E-state index in [9.17, 15) is 14.0 Å². The predicted molar refractivity (Wildman–Crippen MR) is 115 cm³/mol. The summed E-state index contributed by atoms with van der Waals surface area (Å²) in [7, 11) is 0. The summed E-state index contributed by atoms with van der Waals surface area (Å²) < 4.78 is 14.1. The van der Waals surface area contributed by atoms with Crippen molar-refractivity contribution in [1.82, 2.24) is 15.1 Å². The lowest BCUT2D eigenvalue weighted by Gasteiger charge is -2.42. The number of nitrogens with one attached hydrogen (secondary N) is 2. The van der Waals surface area contributed by atoms with Crippen LogP contribution in [0.1, 0.15) is 50.2 Å². The van der Waals surface area contributed by atoms with Gasteiger partial charge in [0.25, 0.3) is 0 Å². The zero-order valence-corrected chi connectivity index (χ0v) is 18.0. The highest BCUT2D eigenvalue weighted by molar-refractivity contribution is 5.88. The van der Waals surface area contributed by atoms with Gasteiger partial charge in [-0.1, -0.05) is 13.0 Å². The van der Waals surface area contributed by atoms with Crippen molar-refractivity contribution >= 4 is 17.5 Å². The fourth-order valence-electron chi connectivity index (χ4n) is 5.22. The number of benzene rings is 1. The summed E-state index contributed by atoms with van der Waals surface area (Å²) in [5, 5.41) is 6.45. The molecule has 2 amide bonds. The highest BCUT2D eigenvalue weighted by atomic mass is 19.1. The Morgan fingerprint density at radius 2 is 1.97 bits per heavy atom. The number of hydrogen-bond acceptors (Lipinski definition) is 4. The molecule has 2 heterocycles. The second kappa shape index (κ2) is 8.92. The summed E-state index contributed by atoms with van der Waals surface area (Å²) in [4.78, 5) is 29.2. The largest absolute Gasteiger partial charge is 0.373 e. The maximum Gasteiger partial charge on any atom is 0.243 e. The highest BCUT2D eigenvalue weighted by Gasteiger charge is 2.34. The van der Waals surface area contributed by atoms with E-state index in [0.29, 0.717) is 24.4 Å². The minimum atomic E-state index is -0.403. The van der Waals surface area contributed by atoms with Crippen LogP contribution in [0.15, 0.2) is 12.1 Å². The van der Waals surface area contributed by atoms with Gasteiger partial charge >= 0.3 is 0 Å². The molecule has 0 aromatic heterocycles. The Bertz CT molecular complexity index is 776. The second-order valence-corrected chi connectivity index (χ2v) is 8.92. The van der Waals surface area contributed by atoms with Gasteiger partial charge in [0, 0.05) is 62.4 Å². The molecule has 1 aromatic carbocycles. The average Bonchev–Trinajstić information content (AvgIpc) is 3.23. The van der Waals surface area contributed by atoms with E-state index in [1.165, 1.54) is 6.07 Å². The molecular weight excluding hydrogens is 383 g/mol. The van der Waals surface area contributed by atoms with Crippen LogP contribution < -0.4 is 10.6 Å². The Hall–Kier alpha value is -2.15. The van der Waals surface area contributed by atoms with Gasteiger partial charge in [0.1, 0.15) is 11.9 Å². The Kier molecular flexibility index (Phi) is 6.27. The molecule has 0 spiro atoms. The van der Waals surface area contributed by atoms with Crippen LogP contribution >= 0.6 is 0 Å². The average molecular weight is 417 g/mol. The normalized spacial score (nSPS) is 26.8. The van der Waals surface area contributed by atoms with Crippen molar-refractivity contribution in [3.8, 4) is 0 Å². The minimum Gasteiger partial charge on any atom is -0.373 e. The van der Waals surface area contributed by atoms with E-state index in [4.69, 9.17) is 0 Å². The molecule has 6 nitrogen and oxygen atoms in total. The smallest absolute Gasteiger partial charge is 0.243 e. The summed E-state index contributed by atoms with van der Waals surface area (Å²) in [6.07, 6.45) is 5.14. The Balaban J connectivity index is 1.30. The third-order valence-corrected chi connectivity index (χ3v) is 6.99. The number of piperazine rings is 1. The molecule has 2 unspecified atom stereocenters. The molecule has 1 saturated carbocycles.